The fourth-order valence-electron chi connectivity index (χ4n) is 3.13. The Kier molecular flexibility index (Phi) is 3.62. The van der Waals surface area contributed by atoms with E-state index in [1.807, 2.05) is 16.8 Å². The van der Waals surface area contributed by atoms with Crippen molar-refractivity contribution in [1.82, 2.24) is 20.4 Å². The Bertz CT molecular complexity index is 727. The lowest BCUT2D eigenvalue weighted by molar-refractivity contribution is -0.139. The number of carbonyl (C=O) groups excluding carboxylic acids is 2. The van der Waals surface area contributed by atoms with Crippen LogP contribution in [0.25, 0.3) is 11.3 Å². The number of piperidine rings is 1. The van der Waals surface area contributed by atoms with Crippen molar-refractivity contribution in [3.05, 3.63) is 28.6 Å². The van der Waals surface area contributed by atoms with Crippen molar-refractivity contribution < 1.29 is 14.3 Å². The average molecular weight is 332 g/mol. The molecule has 0 unspecified atom stereocenters. The lowest BCUT2D eigenvalue weighted by Gasteiger charge is -2.41. The minimum absolute atomic E-state index is 0.00237. The van der Waals surface area contributed by atoms with Crippen molar-refractivity contribution in [2.75, 3.05) is 19.7 Å². The monoisotopic (exact) mass is 332 g/mol. The van der Waals surface area contributed by atoms with Gasteiger partial charge in [-0.05, 0) is 17.9 Å². The molecule has 23 heavy (non-hydrogen) atoms. The molecule has 2 aliphatic heterocycles. The van der Waals surface area contributed by atoms with Crippen LogP contribution in [0, 0.1) is 0 Å². The van der Waals surface area contributed by atoms with Gasteiger partial charge in [0.2, 0.25) is 5.91 Å². The maximum absolute atomic E-state index is 12.8. The number of carbonyl (C=O) groups is 2. The van der Waals surface area contributed by atoms with E-state index in [2.05, 4.69) is 15.5 Å². The molecule has 120 valence electrons. The third-order valence-electron chi connectivity index (χ3n) is 4.29. The largest absolute Gasteiger partial charge is 0.366 e. The molecular formula is C15H16N4O3S. The van der Waals surface area contributed by atoms with E-state index in [-0.39, 0.29) is 30.6 Å². The summed E-state index contributed by atoms with van der Waals surface area (Å²) in [7, 11) is 0. The summed E-state index contributed by atoms with van der Waals surface area (Å²) < 4.78 is 5.53. The molecular weight excluding hydrogens is 316 g/mol. The third kappa shape index (κ3) is 2.64. The number of ether oxygens (including phenoxy) is 1. The van der Waals surface area contributed by atoms with Crippen molar-refractivity contribution in [2.24, 2.45) is 0 Å². The standard InChI is InChI=1S/C15H16N4O3S/c20-13-7-22-12-1-3-19(6-11(12)17-13)15(21)10-5-16-18-14(10)9-2-4-23-8-9/h2,4-5,8,11-12H,1,3,6-7H2,(H,16,18)(H,17,20)/t11-,12-/m0/s1. The molecule has 2 aromatic heterocycles. The number of amides is 2. The van der Waals surface area contributed by atoms with Crippen molar-refractivity contribution in [3.63, 3.8) is 0 Å². The van der Waals surface area contributed by atoms with E-state index in [9.17, 15) is 9.59 Å². The Morgan fingerprint density at radius 2 is 2.39 bits per heavy atom. The third-order valence-corrected chi connectivity index (χ3v) is 4.97. The highest BCUT2D eigenvalue weighted by molar-refractivity contribution is 7.08. The van der Waals surface area contributed by atoms with Crippen LogP contribution in [0.4, 0.5) is 0 Å². The van der Waals surface area contributed by atoms with E-state index < -0.39 is 0 Å². The number of nitrogens with one attached hydrogen (secondary N) is 2. The van der Waals surface area contributed by atoms with Gasteiger partial charge in [-0.1, -0.05) is 0 Å². The van der Waals surface area contributed by atoms with Crippen molar-refractivity contribution >= 4 is 23.2 Å². The quantitative estimate of drug-likeness (QED) is 0.854. The highest BCUT2D eigenvalue weighted by Gasteiger charge is 2.37. The molecule has 2 fully saturated rings. The number of H-pyrrole nitrogens is 1. The second-order valence-electron chi connectivity index (χ2n) is 5.73. The van der Waals surface area contributed by atoms with Gasteiger partial charge in [0.1, 0.15) is 6.61 Å². The number of likely N-dealkylation sites (tertiary alicyclic amines) is 1. The Morgan fingerprint density at radius 3 is 3.22 bits per heavy atom. The Morgan fingerprint density at radius 1 is 1.48 bits per heavy atom. The van der Waals surface area contributed by atoms with Gasteiger partial charge in [-0.2, -0.15) is 16.4 Å². The number of nitrogens with zero attached hydrogens (tertiary/aromatic N) is 2. The minimum atomic E-state index is -0.134. The number of thiophene rings is 1. The molecule has 4 heterocycles. The summed E-state index contributed by atoms with van der Waals surface area (Å²) in [6, 6.07) is 1.82. The number of hydrogen-bond acceptors (Lipinski definition) is 5. The first kappa shape index (κ1) is 14.4. The summed E-state index contributed by atoms with van der Waals surface area (Å²) in [5, 5.41) is 13.8. The van der Waals surface area contributed by atoms with Crippen LogP contribution in [0.1, 0.15) is 16.8 Å². The molecule has 4 rings (SSSR count). The van der Waals surface area contributed by atoms with Crippen LogP contribution in [0.5, 0.6) is 0 Å². The molecule has 0 radical (unpaired) electrons. The molecule has 2 amide bonds. The molecule has 0 spiro atoms. The normalized spacial score (nSPS) is 24.2. The first-order valence-corrected chi connectivity index (χ1v) is 8.43. The van der Waals surface area contributed by atoms with Crippen LogP contribution in [0.2, 0.25) is 0 Å². The van der Waals surface area contributed by atoms with Gasteiger partial charge in [0, 0.05) is 24.0 Å². The van der Waals surface area contributed by atoms with Gasteiger partial charge in [-0.25, -0.2) is 0 Å². The van der Waals surface area contributed by atoms with E-state index in [1.165, 1.54) is 0 Å². The lowest BCUT2D eigenvalue weighted by atomic mass is 9.99. The number of fused-ring (bicyclic) bond motifs is 1. The molecule has 0 bridgehead atoms. The van der Waals surface area contributed by atoms with Crippen molar-refractivity contribution in [2.45, 2.75) is 18.6 Å². The molecule has 2 saturated heterocycles. The van der Waals surface area contributed by atoms with Crippen LogP contribution in [0.15, 0.2) is 23.0 Å². The van der Waals surface area contributed by atoms with Crippen LogP contribution < -0.4 is 5.32 Å². The average Bonchev–Trinajstić information content (AvgIpc) is 3.24. The minimum Gasteiger partial charge on any atom is -0.366 e. The molecule has 2 aliphatic rings. The van der Waals surface area contributed by atoms with Crippen LogP contribution in [-0.2, 0) is 9.53 Å². The number of aromatic nitrogens is 2. The van der Waals surface area contributed by atoms with E-state index in [0.29, 0.717) is 18.7 Å². The van der Waals surface area contributed by atoms with E-state index in [1.54, 1.807) is 22.4 Å². The van der Waals surface area contributed by atoms with E-state index >= 15 is 0 Å². The van der Waals surface area contributed by atoms with Crippen LogP contribution in [-0.4, -0.2) is 58.8 Å². The molecule has 2 N–H and O–H groups in total. The first-order valence-electron chi connectivity index (χ1n) is 7.48. The first-order chi connectivity index (χ1) is 11.2. The lowest BCUT2D eigenvalue weighted by Crippen LogP contribution is -2.61. The highest BCUT2D eigenvalue weighted by Crippen LogP contribution is 2.26. The maximum Gasteiger partial charge on any atom is 0.257 e. The van der Waals surface area contributed by atoms with Gasteiger partial charge in [0.15, 0.2) is 0 Å². The highest BCUT2D eigenvalue weighted by atomic mass is 32.1. The molecule has 0 saturated carbocycles. The van der Waals surface area contributed by atoms with E-state index in [4.69, 9.17) is 4.74 Å². The fourth-order valence-corrected chi connectivity index (χ4v) is 3.78. The van der Waals surface area contributed by atoms with Crippen molar-refractivity contribution in [3.8, 4) is 11.3 Å². The summed E-state index contributed by atoms with van der Waals surface area (Å²) in [6.45, 7) is 1.19. The topological polar surface area (TPSA) is 87.3 Å². The summed E-state index contributed by atoms with van der Waals surface area (Å²) in [5.74, 6) is -0.193. The van der Waals surface area contributed by atoms with Gasteiger partial charge in [-0.15, -0.1) is 0 Å². The second-order valence-corrected chi connectivity index (χ2v) is 6.51. The SMILES string of the molecule is O=C1CO[C@H]2CCN(C(=O)c3cn[nH]c3-c3ccsc3)C[C@@H]2N1. The van der Waals surface area contributed by atoms with Crippen molar-refractivity contribution in [1.29, 1.82) is 0 Å². The van der Waals surface area contributed by atoms with Gasteiger partial charge in [0.25, 0.3) is 5.91 Å². The number of rotatable bonds is 2. The van der Waals surface area contributed by atoms with Gasteiger partial charge >= 0.3 is 0 Å². The molecule has 7 nitrogen and oxygen atoms in total. The number of aromatic amines is 1. The molecule has 0 aliphatic carbocycles. The predicted octanol–water partition coefficient (Wildman–Crippen LogP) is 0.868. The zero-order valence-electron chi connectivity index (χ0n) is 12.3. The fraction of sp³-hybridized carbons (Fsp3) is 0.400. The summed E-state index contributed by atoms with van der Waals surface area (Å²) in [5.41, 5.74) is 2.26. The maximum atomic E-state index is 12.8. The van der Waals surface area contributed by atoms with Crippen LogP contribution >= 0.6 is 11.3 Å². The summed E-state index contributed by atoms with van der Waals surface area (Å²) in [4.78, 5) is 26.1. The predicted molar refractivity (Wildman–Crippen MR) is 84.1 cm³/mol. The smallest absolute Gasteiger partial charge is 0.257 e. The molecule has 2 aromatic rings. The zero-order valence-corrected chi connectivity index (χ0v) is 13.1. The van der Waals surface area contributed by atoms with Gasteiger partial charge < -0.3 is 15.0 Å². The van der Waals surface area contributed by atoms with E-state index in [0.717, 1.165) is 17.7 Å². The molecule has 0 aromatic carbocycles. The summed E-state index contributed by atoms with van der Waals surface area (Å²) >= 11 is 1.57. The summed E-state index contributed by atoms with van der Waals surface area (Å²) in [6.07, 6.45) is 2.29. The Labute approximate surface area is 136 Å². The zero-order chi connectivity index (χ0) is 15.8. The van der Waals surface area contributed by atoms with Crippen LogP contribution in [0.3, 0.4) is 0 Å². The van der Waals surface area contributed by atoms with Gasteiger partial charge in [-0.3, -0.25) is 14.7 Å². The number of hydrogen-bond donors (Lipinski definition) is 2. The Hall–Kier alpha value is -2.19. The van der Waals surface area contributed by atoms with Gasteiger partial charge in [0.05, 0.1) is 29.6 Å². The second kappa shape index (κ2) is 5.78. The molecule has 2 atom stereocenters. The number of morpholine rings is 1. The molecule has 8 heteroatoms. The Balaban J connectivity index is 1.54.